The number of halogens is 1. The molecule has 1 saturated heterocycles. The minimum atomic E-state index is 0.630. The Bertz CT molecular complexity index is 328. The molecule has 0 unspecified atom stereocenters. The monoisotopic (exact) mass is 273 g/mol. The molecule has 1 aliphatic rings. The molecule has 1 aromatic rings. The third kappa shape index (κ3) is 2.17. The topological polar surface area (TPSA) is 21.3 Å². The lowest BCUT2D eigenvalue weighted by atomic mass is 10.2. The molecule has 1 heterocycles. The van der Waals surface area contributed by atoms with Crippen molar-refractivity contribution in [2.75, 3.05) is 23.9 Å². The molecule has 0 spiro atoms. The Morgan fingerprint density at radius 1 is 1.50 bits per heavy atom. The van der Waals surface area contributed by atoms with Crippen LogP contribution in [-0.4, -0.2) is 24.7 Å². The van der Waals surface area contributed by atoms with Gasteiger partial charge < -0.3 is 10.1 Å². The van der Waals surface area contributed by atoms with Crippen molar-refractivity contribution < 1.29 is 4.74 Å². The van der Waals surface area contributed by atoms with Gasteiger partial charge in [0.15, 0.2) is 0 Å². The molecule has 1 N–H and O–H groups in total. The van der Waals surface area contributed by atoms with Gasteiger partial charge in [0.25, 0.3) is 0 Å². The van der Waals surface area contributed by atoms with Crippen LogP contribution in [-0.2, 0) is 0 Å². The molecule has 0 bridgehead atoms. The van der Waals surface area contributed by atoms with Crippen molar-refractivity contribution in [3.8, 4) is 5.75 Å². The van der Waals surface area contributed by atoms with Gasteiger partial charge in [-0.3, -0.25) is 0 Å². The van der Waals surface area contributed by atoms with Gasteiger partial charge in [0.1, 0.15) is 5.75 Å². The Hall–Kier alpha value is -0.350. The van der Waals surface area contributed by atoms with E-state index >= 15 is 0 Å². The summed E-state index contributed by atoms with van der Waals surface area (Å²) in [7, 11) is 1.68. The van der Waals surface area contributed by atoms with E-state index in [0.717, 1.165) is 15.9 Å². The van der Waals surface area contributed by atoms with Crippen molar-refractivity contribution in [1.82, 2.24) is 0 Å². The van der Waals surface area contributed by atoms with Crippen LogP contribution in [0.1, 0.15) is 0 Å². The van der Waals surface area contributed by atoms with Crippen LogP contribution >= 0.6 is 27.7 Å². The number of hydrogen-bond donors (Lipinski definition) is 1. The van der Waals surface area contributed by atoms with Crippen molar-refractivity contribution in [2.45, 2.75) is 6.04 Å². The predicted molar refractivity (Wildman–Crippen MR) is 65.4 cm³/mol. The van der Waals surface area contributed by atoms with Crippen LogP contribution in [0.15, 0.2) is 22.7 Å². The summed E-state index contributed by atoms with van der Waals surface area (Å²) in [5.41, 5.74) is 1.13. The lowest BCUT2D eigenvalue weighted by molar-refractivity contribution is 0.412. The van der Waals surface area contributed by atoms with Crippen molar-refractivity contribution in [2.24, 2.45) is 0 Å². The van der Waals surface area contributed by atoms with Crippen molar-refractivity contribution in [3.05, 3.63) is 22.7 Å². The summed E-state index contributed by atoms with van der Waals surface area (Å²) >= 11 is 5.41. The zero-order chi connectivity index (χ0) is 9.97. The molecule has 1 fully saturated rings. The number of hydrogen-bond acceptors (Lipinski definition) is 3. The van der Waals surface area contributed by atoms with Crippen LogP contribution in [0.25, 0.3) is 0 Å². The standard InChI is InChI=1S/C10H12BrNOS/c1-13-10-4-7(2-3-9(10)11)12-8-5-14-6-8/h2-4,8,12H,5-6H2,1H3. The summed E-state index contributed by atoms with van der Waals surface area (Å²) in [5, 5.41) is 3.46. The summed E-state index contributed by atoms with van der Waals surface area (Å²) in [5.74, 6) is 3.29. The minimum Gasteiger partial charge on any atom is -0.495 e. The van der Waals surface area contributed by atoms with E-state index in [4.69, 9.17) is 4.74 Å². The summed E-state index contributed by atoms with van der Waals surface area (Å²) in [6, 6.07) is 6.72. The molecule has 1 aromatic carbocycles. The third-order valence-corrected chi connectivity index (χ3v) is 4.09. The number of thioether (sulfide) groups is 1. The van der Waals surface area contributed by atoms with E-state index in [1.54, 1.807) is 7.11 Å². The Morgan fingerprint density at radius 2 is 2.29 bits per heavy atom. The molecule has 0 radical (unpaired) electrons. The van der Waals surface area contributed by atoms with Gasteiger partial charge in [0.05, 0.1) is 11.6 Å². The fourth-order valence-corrected chi connectivity index (χ4v) is 2.35. The van der Waals surface area contributed by atoms with Gasteiger partial charge >= 0.3 is 0 Å². The highest BCUT2D eigenvalue weighted by molar-refractivity contribution is 9.10. The lowest BCUT2D eigenvalue weighted by Crippen LogP contribution is -2.33. The van der Waals surface area contributed by atoms with Crippen molar-refractivity contribution in [3.63, 3.8) is 0 Å². The van der Waals surface area contributed by atoms with Gasteiger partial charge in [-0.25, -0.2) is 0 Å². The van der Waals surface area contributed by atoms with E-state index in [-0.39, 0.29) is 0 Å². The Balaban J connectivity index is 2.09. The number of ether oxygens (including phenoxy) is 1. The Morgan fingerprint density at radius 3 is 2.86 bits per heavy atom. The first kappa shape index (κ1) is 10.2. The molecule has 0 aromatic heterocycles. The van der Waals surface area contributed by atoms with Crippen LogP contribution in [0.3, 0.4) is 0 Å². The maximum absolute atomic E-state index is 5.23. The Labute approximate surface area is 96.5 Å². The fourth-order valence-electron chi connectivity index (χ4n) is 1.30. The predicted octanol–water partition coefficient (Wildman–Crippen LogP) is 2.99. The van der Waals surface area contributed by atoms with E-state index in [9.17, 15) is 0 Å². The molecule has 0 amide bonds. The second-order valence-electron chi connectivity index (χ2n) is 3.23. The van der Waals surface area contributed by atoms with Crippen LogP contribution in [0, 0.1) is 0 Å². The molecule has 2 rings (SSSR count). The molecular weight excluding hydrogens is 262 g/mol. The smallest absolute Gasteiger partial charge is 0.135 e. The average Bonchev–Trinajstić information content (AvgIpc) is 2.14. The minimum absolute atomic E-state index is 0.630. The first-order valence-electron chi connectivity index (χ1n) is 4.47. The molecule has 0 saturated carbocycles. The van der Waals surface area contributed by atoms with Gasteiger partial charge in [0.2, 0.25) is 0 Å². The van der Waals surface area contributed by atoms with Crippen LogP contribution < -0.4 is 10.1 Å². The molecular formula is C10H12BrNOS. The number of methoxy groups -OCH3 is 1. The molecule has 1 aliphatic heterocycles. The second-order valence-corrected chi connectivity index (χ2v) is 5.16. The van der Waals surface area contributed by atoms with Gasteiger partial charge in [-0.2, -0.15) is 11.8 Å². The normalized spacial score (nSPS) is 16.1. The largest absolute Gasteiger partial charge is 0.495 e. The quantitative estimate of drug-likeness (QED) is 0.915. The molecule has 14 heavy (non-hydrogen) atoms. The molecule has 4 heteroatoms. The summed E-state index contributed by atoms with van der Waals surface area (Å²) < 4.78 is 6.22. The highest BCUT2D eigenvalue weighted by atomic mass is 79.9. The van der Waals surface area contributed by atoms with E-state index in [1.807, 2.05) is 23.9 Å². The first-order chi connectivity index (χ1) is 6.79. The number of benzene rings is 1. The summed E-state index contributed by atoms with van der Waals surface area (Å²) in [6.07, 6.45) is 0. The number of nitrogens with one attached hydrogen (secondary N) is 1. The summed E-state index contributed by atoms with van der Waals surface area (Å²) in [6.45, 7) is 0. The highest BCUT2D eigenvalue weighted by Gasteiger charge is 2.17. The fraction of sp³-hybridized carbons (Fsp3) is 0.400. The molecule has 76 valence electrons. The molecule has 0 atom stereocenters. The SMILES string of the molecule is COc1cc(NC2CSC2)ccc1Br. The molecule has 2 nitrogen and oxygen atoms in total. The third-order valence-electron chi connectivity index (χ3n) is 2.16. The highest BCUT2D eigenvalue weighted by Crippen LogP contribution is 2.29. The van der Waals surface area contributed by atoms with Crippen molar-refractivity contribution in [1.29, 1.82) is 0 Å². The average molecular weight is 274 g/mol. The second kappa shape index (κ2) is 4.45. The van der Waals surface area contributed by atoms with E-state index in [1.165, 1.54) is 11.5 Å². The van der Waals surface area contributed by atoms with Crippen LogP contribution in [0.2, 0.25) is 0 Å². The van der Waals surface area contributed by atoms with Crippen LogP contribution in [0.5, 0.6) is 5.75 Å². The maximum atomic E-state index is 5.23. The van der Waals surface area contributed by atoms with Gasteiger partial charge in [-0.1, -0.05) is 0 Å². The lowest BCUT2D eigenvalue weighted by Gasteiger charge is -2.27. The van der Waals surface area contributed by atoms with E-state index in [2.05, 4.69) is 27.3 Å². The Kier molecular flexibility index (Phi) is 3.23. The van der Waals surface area contributed by atoms with E-state index in [0.29, 0.717) is 6.04 Å². The van der Waals surface area contributed by atoms with Crippen molar-refractivity contribution >= 4 is 33.4 Å². The zero-order valence-electron chi connectivity index (χ0n) is 7.92. The maximum Gasteiger partial charge on any atom is 0.135 e. The van der Waals surface area contributed by atoms with Gasteiger partial charge in [-0.05, 0) is 28.1 Å². The van der Waals surface area contributed by atoms with Gasteiger partial charge in [-0.15, -0.1) is 0 Å². The van der Waals surface area contributed by atoms with E-state index < -0.39 is 0 Å². The molecule has 0 aliphatic carbocycles. The van der Waals surface area contributed by atoms with Crippen LogP contribution in [0.4, 0.5) is 5.69 Å². The summed E-state index contributed by atoms with van der Waals surface area (Å²) in [4.78, 5) is 0. The number of anilines is 1. The zero-order valence-corrected chi connectivity index (χ0v) is 10.3. The van der Waals surface area contributed by atoms with Gasteiger partial charge in [0, 0.05) is 29.3 Å². The first-order valence-corrected chi connectivity index (χ1v) is 6.42. The number of rotatable bonds is 3.